The van der Waals surface area contributed by atoms with Gasteiger partial charge in [0.05, 0.1) is 23.8 Å². The molecule has 0 saturated heterocycles. The van der Waals surface area contributed by atoms with E-state index in [2.05, 4.69) is 12.1 Å². The standard InChI is InChI=1S/C21H16N2O/c1-24-16-12-10-15(11-13-16)14-22-21-17-6-2-4-8-19(17)23-20-9-5-3-7-18(20)21/h2-14H,1H3. The number of aliphatic imine (C=N–C) groups is 1. The maximum atomic E-state index is 5.19. The van der Waals surface area contributed by atoms with Gasteiger partial charge in [-0.1, -0.05) is 36.4 Å². The number of nitrogens with zero attached hydrogens (tertiary/aromatic N) is 2. The number of aromatic nitrogens is 1. The zero-order chi connectivity index (χ0) is 16.4. The van der Waals surface area contributed by atoms with Crippen LogP contribution in [0.4, 0.5) is 5.69 Å². The van der Waals surface area contributed by atoms with Gasteiger partial charge in [0.25, 0.3) is 0 Å². The van der Waals surface area contributed by atoms with Gasteiger partial charge in [-0.25, -0.2) is 4.98 Å². The Morgan fingerprint density at radius 3 is 1.96 bits per heavy atom. The quantitative estimate of drug-likeness (QED) is 0.387. The third-order valence-electron chi connectivity index (χ3n) is 4.02. The third kappa shape index (κ3) is 2.61. The highest BCUT2D eigenvalue weighted by Crippen LogP contribution is 2.32. The molecule has 0 fully saturated rings. The lowest BCUT2D eigenvalue weighted by molar-refractivity contribution is 0.415. The van der Waals surface area contributed by atoms with E-state index in [4.69, 9.17) is 14.7 Å². The summed E-state index contributed by atoms with van der Waals surface area (Å²) in [5.41, 5.74) is 3.89. The van der Waals surface area contributed by atoms with Crippen molar-refractivity contribution in [1.82, 2.24) is 4.98 Å². The molecule has 4 aromatic rings. The van der Waals surface area contributed by atoms with E-state index >= 15 is 0 Å². The number of pyridine rings is 1. The molecule has 0 saturated carbocycles. The molecule has 0 atom stereocenters. The number of para-hydroxylation sites is 2. The maximum absolute atomic E-state index is 5.19. The Kier molecular flexibility index (Phi) is 3.67. The van der Waals surface area contributed by atoms with E-state index in [-0.39, 0.29) is 0 Å². The molecular weight excluding hydrogens is 296 g/mol. The Morgan fingerprint density at radius 1 is 0.792 bits per heavy atom. The van der Waals surface area contributed by atoms with Crippen LogP contribution in [0.5, 0.6) is 5.75 Å². The maximum Gasteiger partial charge on any atom is 0.118 e. The highest BCUT2D eigenvalue weighted by atomic mass is 16.5. The fourth-order valence-corrected chi connectivity index (χ4v) is 2.79. The molecule has 0 radical (unpaired) electrons. The Bertz CT molecular complexity index is 983. The average molecular weight is 312 g/mol. The lowest BCUT2D eigenvalue weighted by atomic mass is 10.1. The van der Waals surface area contributed by atoms with E-state index in [1.807, 2.05) is 66.9 Å². The normalized spacial score (nSPS) is 11.4. The summed E-state index contributed by atoms with van der Waals surface area (Å²) in [6.45, 7) is 0. The van der Waals surface area contributed by atoms with Gasteiger partial charge in [-0.05, 0) is 42.0 Å². The van der Waals surface area contributed by atoms with Crippen molar-refractivity contribution in [3.63, 3.8) is 0 Å². The van der Waals surface area contributed by atoms with Gasteiger partial charge < -0.3 is 4.74 Å². The minimum atomic E-state index is 0.840. The molecule has 0 amide bonds. The van der Waals surface area contributed by atoms with Crippen molar-refractivity contribution >= 4 is 33.7 Å². The first-order valence-electron chi connectivity index (χ1n) is 7.81. The number of benzene rings is 3. The van der Waals surface area contributed by atoms with Crippen LogP contribution < -0.4 is 4.74 Å². The molecule has 0 aliphatic carbocycles. The lowest BCUT2D eigenvalue weighted by Crippen LogP contribution is -1.86. The highest BCUT2D eigenvalue weighted by Gasteiger charge is 2.07. The third-order valence-corrected chi connectivity index (χ3v) is 4.02. The van der Waals surface area contributed by atoms with E-state index in [9.17, 15) is 0 Å². The molecule has 1 heterocycles. The van der Waals surface area contributed by atoms with Crippen LogP contribution in [0.3, 0.4) is 0 Å². The van der Waals surface area contributed by atoms with Crippen molar-refractivity contribution in [1.29, 1.82) is 0 Å². The van der Waals surface area contributed by atoms with Gasteiger partial charge in [0.2, 0.25) is 0 Å². The fraction of sp³-hybridized carbons (Fsp3) is 0.0476. The van der Waals surface area contributed by atoms with Gasteiger partial charge in [-0.2, -0.15) is 0 Å². The summed E-state index contributed by atoms with van der Waals surface area (Å²) in [5, 5.41) is 2.11. The number of hydrogen-bond acceptors (Lipinski definition) is 3. The van der Waals surface area contributed by atoms with Crippen LogP contribution >= 0.6 is 0 Å². The van der Waals surface area contributed by atoms with Gasteiger partial charge in [0.15, 0.2) is 0 Å². The van der Waals surface area contributed by atoms with Crippen LogP contribution in [0.1, 0.15) is 5.56 Å². The van der Waals surface area contributed by atoms with Crippen LogP contribution in [-0.2, 0) is 0 Å². The second-order valence-electron chi connectivity index (χ2n) is 5.53. The number of fused-ring (bicyclic) bond motifs is 2. The first kappa shape index (κ1) is 14.4. The topological polar surface area (TPSA) is 34.5 Å². The second kappa shape index (κ2) is 6.13. The first-order chi connectivity index (χ1) is 11.8. The zero-order valence-electron chi connectivity index (χ0n) is 13.3. The summed E-state index contributed by atoms with van der Waals surface area (Å²) >= 11 is 0. The minimum Gasteiger partial charge on any atom is -0.497 e. The van der Waals surface area contributed by atoms with Gasteiger partial charge in [-0.15, -0.1) is 0 Å². The molecular formula is C21H16N2O. The van der Waals surface area contributed by atoms with E-state index in [1.165, 1.54) is 0 Å². The predicted octanol–water partition coefficient (Wildman–Crippen LogP) is 5.15. The molecule has 0 spiro atoms. The van der Waals surface area contributed by atoms with Gasteiger partial charge in [0, 0.05) is 17.0 Å². The summed E-state index contributed by atoms with van der Waals surface area (Å²) in [6, 6.07) is 24.1. The van der Waals surface area contributed by atoms with Crippen LogP contribution in [0.2, 0.25) is 0 Å². The van der Waals surface area contributed by atoms with Crippen LogP contribution in [-0.4, -0.2) is 18.3 Å². The number of rotatable bonds is 3. The van der Waals surface area contributed by atoms with Crippen molar-refractivity contribution in [2.24, 2.45) is 4.99 Å². The molecule has 1 aromatic heterocycles. The van der Waals surface area contributed by atoms with E-state index in [1.54, 1.807) is 7.11 Å². The molecule has 0 unspecified atom stereocenters. The number of hydrogen-bond donors (Lipinski definition) is 0. The molecule has 116 valence electrons. The molecule has 4 rings (SSSR count). The molecule has 0 aliphatic rings. The van der Waals surface area contributed by atoms with Crippen LogP contribution in [0.15, 0.2) is 77.8 Å². The molecule has 3 aromatic carbocycles. The van der Waals surface area contributed by atoms with Gasteiger partial charge in [-0.3, -0.25) is 4.99 Å². The molecule has 3 heteroatoms. The van der Waals surface area contributed by atoms with Crippen molar-refractivity contribution < 1.29 is 4.74 Å². The van der Waals surface area contributed by atoms with Crippen molar-refractivity contribution in [2.75, 3.05) is 7.11 Å². The van der Waals surface area contributed by atoms with E-state index in [0.717, 1.165) is 38.8 Å². The Morgan fingerprint density at radius 2 is 1.38 bits per heavy atom. The molecule has 0 N–H and O–H groups in total. The second-order valence-corrected chi connectivity index (χ2v) is 5.53. The summed E-state index contributed by atoms with van der Waals surface area (Å²) in [4.78, 5) is 9.51. The average Bonchev–Trinajstić information content (AvgIpc) is 2.65. The Labute approximate surface area is 140 Å². The molecule has 24 heavy (non-hydrogen) atoms. The SMILES string of the molecule is COc1ccc(C=Nc2c3ccccc3nc3ccccc23)cc1. The monoisotopic (exact) mass is 312 g/mol. The Balaban J connectivity index is 1.87. The van der Waals surface area contributed by atoms with Gasteiger partial charge in [0.1, 0.15) is 5.75 Å². The van der Waals surface area contributed by atoms with Crippen molar-refractivity contribution in [3.8, 4) is 5.75 Å². The smallest absolute Gasteiger partial charge is 0.118 e. The predicted molar refractivity (Wildman–Crippen MR) is 99.5 cm³/mol. The first-order valence-corrected chi connectivity index (χ1v) is 7.81. The summed E-state index contributed by atoms with van der Waals surface area (Å²) in [5.74, 6) is 0.840. The Hall–Kier alpha value is -3.20. The van der Waals surface area contributed by atoms with Crippen molar-refractivity contribution in [2.45, 2.75) is 0 Å². The molecule has 0 aliphatic heterocycles. The number of ether oxygens (including phenoxy) is 1. The number of methoxy groups -OCH3 is 1. The highest BCUT2D eigenvalue weighted by molar-refractivity contribution is 6.07. The van der Waals surface area contributed by atoms with Crippen LogP contribution in [0.25, 0.3) is 21.8 Å². The summed E-state index contributed by atoms with van der Waals surface area (Å²) in [6.07, 6.45) is 1.88. The molecule has 0 bridgehead atoms. The lowest BCUT2D eigenvalue weighted by Gasteiger charge is -2.06. The zero-order valence-corrected chi connectivity index (χ0v) is 13.3. The fourth-order valence-electron chi connectivity index (χ4n) is 2.79. The van der Waals surface area contributed by atoms with Gasteiger partial charge >= 0.3 is 0 Å². The van der Waals surface area contributed by atoms with Crippen LogP contribution in [0, 0.1) is 0 Å². The summed E-state index contributed by atoms with van der Waals surface area (Å²) in [7, 11) is 1.67. The van der Waals surface area contributed by atoms with E-state index < -0.39 is 0 Å². The van der Waals surface area contributed by atoms with E-state index in [0.29, 0.717) is 0 Å². The minimum absolute atomic E-state index is 0.840. The molecule has 3 nitrogen and oxygen atoms in total. The largest absolute Gasteiger partial charge is 0.497 e. The van der Waals surface area contributed by atoms with Crippen molar-refractivity contribution in [3.05, 3.63) is 78.4 Å². The summed E-state index contributed by atoms with van der Waals surface area (Å²) < 4.78 is 5.19.